The normalized spacial score (nSPS) is 16.9. The van der Waals surface area contributed by atoms with Gasteiger partial charge in [0.1, 0.15) is 5.69 Å². The summed E-state index contributed by atoms with van der Waals surface area (Å²) in [4.78, 5) is 28.6. The van der Waals surface area contributed by atoms with E-state index in [9.17, 15) is 4.79 Å². The maximum absolute atomic E-state index is 13.0. The van der Waals surface area contributed by atoms with E-state index in [0.717, 1.165) is 29.8 Å². The number of thioether (sulfide) groups is 1. The second kappa shape index (κ2) is 8.52. The number of hydrogen-bond donors (Lipinski definition) is 0. The number of nitrogens with zero attached hydrogens (tertiary/aromatic N) is 5. The third kappa shape index (κ3) is 4.06. The minimum Gasteiger partial charge on any atom is -0.339 e. The highest BCUT2D eigenvalue weighted by molar-refractivity contribution is 7.98. The molecule has 1 saturated heterocycles. The van der Waals surface area contributed by atoms with Gasteiger partial charge < -0.3 is 9.42 Å². The zero-order chi connectivity index (χ0) is 19.3. The monoisotopic (exact) mass is 395 g/mol. The Morgan fingerprint density at radius 1 is 1.32 bits per heavy atom. The van der Waals surface area contributed by atoms with Crippen LogP contribution in [0.4, 0.5) is 0 Å². The van der Waals surface area contributed by atoms with Gasteiger partial charge in [0.25, 0.3) is 5.91 Å². The molecule has 0 N–H and O–H groups in total. The SMILES string of the molecule is CSc1ccccc1C(=O)N1CCC[C@H](Cc2nc(-c3cnccn3)no2)C1. The molecule has 8 heteroatoms. The minimum absolute atomic E-state index is 0.0976. The van der Waals surface area contributed by atoms with E-state index < -0.39 is 0 Å². The van der Waals surface area contributed by atoms with Gasteiger partial charge in [0.05, 0.1) is 11.8 Å². The van der Waals surface area contributed by atoms with Gasteiger partial charge in [0.2, 0.25) is 11.7 Å². The molecule has 3 heterocycles. The van der Waals surface area contributed by atoms with Crippen molar-refractivity contribution in [3.05, 3.63) is 54.3 Å². The fourth-order valence-electron chi connectivity index (χ4n) is 3.51. The first-order valence-electron chi connectivity index (χ1n) is 9.26. The lowest BCUT2D eigenvalue weighted by Gasteiger charge is -2.32. The summed E-state index contributed by atoms with van der Waals surface area (Å²) in [5.41, 5.74) is 1.37. The van der Waals surface area contributed by atoms with Crippen LogP contribution in [0.1, 0.15) is 29.1 Å². The maximum Gasteiger partial charge on any atom is 0.254 e. The van der Waals surface area contributed by atoms with Crippen molar-refractivity contribution < 1.29 is 9.32 Å². The number of rotatable bonds is 5. The van der Waals surface area contributed by atoms with Crippen LogP contribution in [0.2, 0.25) is 0 Å². The fraction of sp³-hybridized carbons (Fsp3) is 0.350. The second-order valence-electron chi connectivity index (χ2n) is 6.77. The summed E-state index contributed by atoms with van der Waals surface area (Å²) in [6.07, 6.45) is 9.48. The molecule has 3 aromatic rings. The molecule has 0 aliphatic carbocycles. The molecule has 0 radical (unpaired) electrons. The molecular formula is C20H21N5O2S. The van der Waals surface area contributed by atoms with Crippen LogP contribution in [0, 0.1) is 5.92 Å². The summed E-state index contributed by atoms with van der Waals surface area (Å²) in [6.45, 7) is 1.48. The van der Waals surface area contributed by atoms with Crippen LogP contribution in [0.5, 0.6) is 0 Å². The largest absolute Gasteiger partial charge is 0.339 e. The minimum atomic E-state index is 0.0976. The average Bonchev–Trinajstić information content (AvgIpc) is 3.22. The quantitative estimate of drug-likeness (QED) is 0.613. The van der Waals surface area contributed by atoms with E-state index >= 15 is 0 Å². The summed E-state index contributed by atoms with van der Waals surface area (Å²) in [6, 6.07) is 7.78. The van der Waals surface area contributed by atoms with Gasteiger partial charge >= 0.3 is 0 Å². The first-order chi connectivity index (χ1) is 13.7. The molecule has 7 nitrogen and oxygen atoms in total. The summed E-state index contributed by atoms with van der Waals surface area (Å²) in [7, 11) is 0. The molecule has 144 valence electrons. The fourth-order valence-corrected chi connectivity index (χ4v) is 4.10. The molecular weight excluding hydrogens is 374 g/mol. The van der Waals surface area contributed by atoms with Crippen molar-refractivity contribution in [2.24, 2.45) is 5.92 Å². The van der Waals surface area contributed by atoms with Crippen molar-refractivity contribution in [3.8, 4) is 11.5 Å². The van der Waals surface area contributed by atoms with E-state index in [4.69, 9.17) is 4.52 Å². The van der Waals surface area contributed by atoms with Crippen molar-refractivity contribution in [3.63, 3.8) is 0 Å². The Morgan fingerprint density at radius 3 is 3.04 bits per heavy atom. The molecule has 2 aromatic heterocycles. The van der Waals surface area contributed by atoms with E-state index in [2.05, 4.69) is 20.1 Å². The lowest BCUT2D eigenvalue weighted by atomic mass is 9.94. The third-order valence-electron chi connectivity index (χ3n) is 4.87. The maximum atomic E-state index is 13.0. The van der Waals surface area contributed by atoms with Crippen LogP contribution in [-0.2, 0) is 6.42 Å². The van der Waals surface area contributed by atoms with E-state index in [0.29, 0.717) is 36.3 Å². The van der Waals surface area contributed by atoms with Gasteiger partial charge in [-0.15, -0.1) is 11.8 Å². The summed E-state index contributed by atoms with van der Waals surface area (Å²) in [5.74, 6) is 1.42. The Hall–Kier alpha value is -2.74. The predicted octanol–water partition coefficient (Wildman–Crippen LogP) is 3.34. The van der Waals surface area contributed by atoms with Gasteiger partial charge in [0, 0.05) is 36.8 Å². The van der Waals surface area contributed by atoms with Crippen molar-refractivity contribution in [2.75, 3.05) is 19.3 Å². The zero-order valence-electron chi connectivity index (χ0n) is 15.6. The number of likely N-dealkylation sites (tertiary alicyclic amines) is 1. The Morgan fingerprint density at radius 2 is 2.21 bits per heavy atom. The Balaban J connectivity index is 1.43. The highest BCUT2D eigenvalue weighted by Gasteiger charge is 2.27. The van der Waals surface area contributed by atoms with Gasteiger partial charge in [0.15, 0.2) is 0 Å². The number of benzene rings is 1. The number of aromatic nitrogens is 4. The van der Waals surface area contributed by atoms with Gasteiger partial charge in [-0.2, -0.15) is 4.98 Å². The van der Waals surface area contributed by atoms with Crippen molar-refractivity contribution in [1.29, 1.82) is 0 Å². The van der Waals surface area contributed by atoms with Crippen LogP contribution >= 0.6 is 11.8 Å². The summed E-state index contributed by atoms with van der Waals surface area (Å²) >= 11 is 1.60. The van der Waals surface area contributed by atoms with Crippen molar-refractivity contribution in [2.45, 2.75) is 24.2 Å². The standard InChI is InChI=1S/C20H21N5O2S/c1-28-17-7-3-2-6-15(17)20(26)25-10-4-5-14(13-25)11-18-23-19(24-27-18)16-12-21-8-9-22-16/h2-3,6-9,12,14H,4-5,10-11,13H2,1H3/t14-/m1/s1. The molecule has 1 aromatic carbocycles. The molecule has 1 aliphatic heterocycles. The van der Waals surface area contributed by atoms with Crippen LogP contribution in [0.3, 0.4) is 0 Å². The molecule has 28 heavy (non-hydrogen) atoms. The topological polar surface area (TPSA) is 85.0 Å². The first kappa shape index (κ1) is 18.6. The van der Waals surface area contributed by atoms with Crippen LogP contribution in [0.15, 0.2) is 52.3 Å². The molecule has 1 amide bonds. The lowest BCUT2D eigenvalue weighted by Crippen LogP contribution is -2.40. The molecule has 0 unspecified atom stereocenters. The number of amides is 1. The van der Waals surface area contributed by atoms with Gasteiger partial charge in [-0.25, -0.2) is 4.98 Å². The lowest BCUT2D eigenvalue weighted by molar-refractivity contribution is 0.0664. The van der Waals surface area contributed by atoms with E-state index in [1.807, 2.05) is 35.4 Å². The number of carbonyl (C=O) groups excluding carboxylic acids is 1. The molecule has 1 atom stereocenters. The molecule has 1 fully saturated rings. The van der Waals surface area contributed by atoms with E-state index in [1.54, 1.807) is 30.4 Å². The average molecular weight is 395 g/mol. The van der Waals surface area contributed by atoms with Crippen LogP contribution in [0.25, 0.3) is 11.5 Å². The Bertz CT molecular complexity index is 947. The molecule has 0 bridgehead atoms. The number of hydrogen-bond acceptors (Lipinski definition) is 7. The van der Waals surface area contributed by atoms with E-state index in [1.165, 1.54) is 0 Å². The smallest absolute Gasteiger partial charge is 0.254 e. The molecule has 0 spiro atoms. The second-order valence-corrected chi connectivity index (χ2v) is 7.61. The number of carbonyl (C=O) groups is 1. The highest BCUT2D eigenvalue weighted by atomic mass is 32.2. The summed E-state index contributed by atoms with van der Waals surface area (Å²) in [5, 5.41) is 4.00. The van der Waals surface area contributed by atoms with Crippen LogP contribution in [-0.4, -0.2) is 50.3 Å². The van der Waals surface area contributed by atoms with Crippen molar-refractivity contribution in [1.82, 2.24) is 25.0 Å². The van der Waals surface area contributed by atoms with Gasteiger partial charge in [-0.3, -0.25) is 9.78 Å². The van der Waals surface area contributed by atoms with Crippen LogP contribution < -0.4 is 0 Å². The summed E-state index contributed by atoms with van der Waals surface area (Å²) < 4.78 is 5.40. The molecule has 0 saturated carbocycles. The first-order valence-corrected chi connectivity index (χ1v) is 10.5. The van der Waals surface area contributed by atoms with Crippen molar-refractivity contribution >= 4 is 17.7 Å². The Labute approximate surface area is 167 Å². The number of piperidine rings is 1. The zero-order valence-corrected chi connectivity index (χ0v) is 16.4. The van der Waals surface area contributed by atoms with Gasteiger partial charge in [-0.1, -0.05) is 17.3 Å². The molecule has 1 aliphatic rings. The third-order valence-corrected chi connectivity index (χ3v) is 5.66. The van der Waals surface area contributed by atoms with Gasteiger partial charge in [-0.05, 0) is 37.1 Å². The Kier molecular flexibility index (Phi) is 5.66. The predicted molar refractivity (Wildman–Crippen MR) is 106 cm³/mol. The van der Waals surface area contributed by atoms with E-state index in [-0.39, 0.29) is 5.91 Å². The molecule has 4 rings (SSSR count). The highest BCUT2D eigenvalue weighted by Crippen LogP contribution is 2.26.